The number of carbonyl (C=O) groups excluding carboxylic acids is 3. The van der Waals surface area contributed by atoms with Crippen LogP contribution in [0.25, 0.3) is 0 Å². The third kappa shape index (κ3) is 3.96. The van der Waals surface area contributed by atoms with Crippen LogP contribution in [0.4, 0.5) is 0 Å². The molecule has 5 rings (SSSR count). The lowest BCUT2D eigenvalue weighted by Gasteiger charge is -2.29. The van der Waals surface area contributed by atoms with Crippen molar-refractivity contribution in [3.63, 3.8) is 0 Å². The summed E-state index contributed by atoms with van der Waals surface area (Å²) < 4.78 is 5.98. The van der Waals surface area contributed by atoms with Crippen molar-refractivity contribution in [3.05, 3.63) is 118 Å². The summed E-state index contributed by atoms with van der Waals surface area (Å²) in [5.74, 6) is -2.00. The van der Waals surface area contributed by atoms with Gasteiger partial charge >= 0.3 is 5.97 Å². The number of ether oxygens (including phenoxy) is 1. The lowest BCUT2D eigenvalue weighted by molar-refractivity contribution is -0.157. The van der Waals surface area contributed by atoms with Crippen LogP contribution in [0.2, 0.25) is 0 Å². The number of hydrogen-bond donors (Lipinski definition) is 1. The van der Waals surface area contributed by atoms with Gasteiger partial charge in [-0.3, -0.25) is 24.8 Å². The van der Waals surface area contributed by atoms with E-state index >= 15 is 0 Å². The van der Waals surface area contributed by atoms with E-state index in [2.05, 4.69) is 5.48 Å². The van der Waals surface area contributed by atoms with Gasteiger partial charge in [0.2, 0.25) is 0 Å². The fraction of sp³-hybridized carbons (Fsp3) is 0.115. The number of fused-ring (bicyclic) bond motifs is 1. The number of halogens is 1. The highest BCUT2D eigenvalue weighted by Crippen LogP contribution is 2.32. The molecule has 2 unspecified atom stereocenters. The summed E-state index contributed by atoms with van der Waals surface area (Å²) in [5, 5.41) is 0.141. The molecule has 3 aromatic carbocycles. The molecule has 170 valence electrons. The SMILES string of the molecule is O=C(OC(c1ccccc1)c1ccccc1)C(C1C=C(Cl)NO1)N1C(=O)c2ccccc2C1=O. The molecule has 1 N–H and O–H groups in total. The number of hydroxylamine groups is 1. The molecule has 0 fully saturated rings. The summed E-state index contributed by atoms with van der Waals surface area (Å²) in [4.78, 5) is 46.4. The Morgan fingerprint density at radius 3 is 1.82 bits per heavy atom. The van der Waals surface area contributed by atoms with E-state index in [1.54, 1.807) is 24.3 Å². The average molecular weight is 475 g/mol. The average Bonchev–Trinajstić information content (AvgIpc) is 3.41. The summed E-state index contributed by atoms with van der Waals surface area (Å²) in [5.41, 5.74) is 4.38. The highest BCUT2D eigenvalue weighted by atomic mass is 35.5. The van der Waals surface area contributed by atoms with Gasteiger partial charge in [-0.25, -0.2) is 4.79 Å². The monoisotopic (exact) mass is 474 g/mol. The Kier molecular flexibility index (Phi) is 5.88. The fourth-order valence-corrected chi connectivity index (χ4v) is 4.28. The van der Waals surface area contributed by atoms with Crippen LogP contribution in [-0.4, -0.2) is 34.8 Å². The van der Waals surface area contributed by atoms with Crippen molar-refractivity contribution in [1.29, 1.82) is 0 Å². The molecule has 8 heteroatoms. The van der Waals surface area contributed by atoms with Crippen molar-refractivity contribution < 1.29 is 24.0 Å². The number of benzene rings is 3. The van der Waals surface area contributed by atoms with Crippen LogP contribution in [0.1, 0.15) is 37.9 Å². The molecule has 0 spiro atoms. The molecule has 0 bridgehead atoms. The molecule has 2 aliphatic heterocycles. The molecule has 7 nitrogen and oxygen atoms in total. The summed E-state index contributed by atoms with van der Waals surface area (Å²) in [6.45, 7) is 0. The van der Waals surface area contributed by atoms with Gasteiger partial charge in [-0.1, -0.05) is 84.4 Å². The van der Waals surface area contributed by atoms with E-state index in [4.69, 9.17) is 21.2 Å². The van der Waals surface area contributed by atoms with Crippen LogP contribution in [0, 0.1) is 0 Å². The molecule has 2 aliphatic rings. The van der Waals surface area contributed by atoms with Crippen LogP contribution < -0.4 is 5.48 Å². The Hall–Kier alpha value is -3.94. The standard InChI is InChI=1S/C26H19ClN2O5/c27-21-15-20(34-28-21)22(29-24(30)18-13-7-8-14-19(18)25(29)31)26(32)33-23(16-9-3-1-4-10-16)17-11-5-2-6-12-17/h1-15,20,22-23,28H. The van der Waals surface area contributed by atoms with Crippen molar-refractivity contribution in [1.82, 2.24) is 10.4 Å². The zero-order chi connectivity index (χ0) is 23.7. The van der Waals surface area contributed by atoms with E-state index < -0.39 is 36.0 Å². The van der Waals surface area contributed by atoms with E-state index in [0.717, 1.165) is 16.0 Å². The third-order valence-electron chi connectivity index (χ3n) is 5.70. The Morgan fingerprint density at radius 2 is 1.35 bits per heavy atom. The van der Waals surface area contributed by atoms with Gasteiger partial charge < -0.3 is 4.74 Å². The first kappa shape index (κ1) is 21.9. The molecule has 0 aromatic heterocycles. The van der Waals surface area contributed by atoms with E-state index in [-0.39, 0.29) is 16.3 Å². The molecular weight excluding hydrogens is 456 g/mol. The van der Waals surface area contributed by atoms with Crippen molar-refractivity contribution in [3.8, 4) is 0 Å². The molecular formula is C26H19ClN2O5. The minimum Gasteiger partial charge on any atom is -0.451 e. The predicted molar refractivity (Wildman–Crippen MR) is 123 cm³/mol. The summed E-state index contributed by atoms with van der Waals surface area (Å²) in [7, 11) is 0. The Balaban J connectivity index is 1.53. The van der Waals surface area contributed by atoms with Gasteiger partial charge in [-0.05, 0) is 29.3 Å². The first-order valence-electron chi connectivity index (χ1n) is 10.6. The molecule has 2 amide bonds. The molecule has 34 heavy (non-hydrogen) atoms. The van der Waals surface area contributed by atoms with Crippen molar-refractivity contribution >= 4 is 29.4 Å². The maximum atomic E-state index is 13.7. The van der Waals surface area contributed by atoms with E-state index in [0.29, 0.717) is 0 Å². The molecule has 2 heterocycles. The maximum Gasteiger partial charge on any atom is 0.333 e. The third-order valence-corrected chi connectivity index (χ3v) is 5.90. The molecule has 0 saturated heterocycles. The summed E-state index contributed by atoms with van der Waals surface area (Å²) >= 11 is 6.01. The van der Waals surface area contributed by atoms with Gasteiger partial charge in [-0.15, -0.1) is 0 Å². The fourth-order valence-electron chi connectivity index (χ4n) is 4.11. The largest absolute Gasteiger partial charge is 0.451 e. The highest BCUT2D eigenvalue weighted by molar-refractivity contribution is 6.29. The highest BCUT2D eigenvalue weighted by Gasteiger charge is 2.48. The summed E-state index contributed by atoms with van der Waals surface area (Å²) in [6, 6.07) is 23.5. The van der Waals surface area contributed by atoms with Gasteiger partial charge in [0.25, 0.3) is 11.8 Å². The first-order chi connectivity index (χ1) is 16.5. The summed E-state index contributed by atoms with van der Waals surface area (Å²) in [6.07, 6.45) is -0.368. The predicted octanol–water partition coefficient (Wildman–Crippen LogP) is 3.97. The maximum absolute atomic E-state index is 13.7. The number of amides is 2. The lowest BCUT2D eigenvalue weighted by Crippen LogP contribution is -2.52. The van der Waals surface area contributed by atoms with E-state index in [1.807, 2.05) is 60.7 Å². The van der Waals surface area contributed by atoms with Crippen molar-refractivity contribution in [2.24, 2.45) is 0 Å². The van der Waals surface area contributed by atoms with Crippen molar-refractivity contribution in [2.75, 3.05) is 0 Å². The zero-order valence-corrected chi connectivity index (χ0v) is 18.5. The molecule has 0 aliphatic carbocycles. The number of nitrogens with one attached hydrogen (secondary N) is 1. The van der Waals surface area contributed by atoms with Crippen LogP contribution >= 0.6 is 11.6 Å². The number of esters is 1. The van der Waals surface area contributed by atoms with E-state index in [1.165, 1.54) is 6.08 Å². The quantitative estimate of drug-likeness (QED) is 0.330. The molecule has 3 aromatic rings. The first-order valence-corrected chi connectivity index (χ1v) is 11.0. The van der Waals surface area contributed by atoms with Crippen LogP contribution in [0.3, 0.4) is 0 Å². The van der Waals surface area contributed by atoms with Gasteiger partial charge in [-0.2, -0.15) is 0 Å². The Labute approximate surface area is 200 Å². The second kappa shape index (κ2) is 9.13. The van der Waals surface area contributed by atoms with Gasteiger partial charge in [0.15, 0.2) is 12.1 Å². The lowest BCUT2D eigenvalue weighted by atomic mass is 10.0. The number of nitrogens with zero attached hydrogens (tertiary/aromatic N) is 1. The van der Waals surface area contributed by atoms with Gasteiger partial charge in [0.05, 0.1) is 11.1 Å². The minimum absolute atomic E-state index is 0.141. The topological polar surface area (TPSA) is 84.9 Å². The Morgan fingerprint density at radius 1 is 0.853 bits per heavy atom. The van der Waals surface area contributed by atoms with Gasteiger partial charge in [0, 0.05) is 0 Å². The normalized spacial score (nSPS) is 17.9. The molecule has 0 saturated carbocycles. The number of rotatable bonds is 6. The smallest absolute Gasteiger partial charge is 0.333 e. The number of hydrogen-bond acceptors (Lipinski definition) is 6. The second-order valence-electron chi connectivity index (χ2n) is 7.81. The number of imide groups is 1. The van der Waals surface area contributed by atoms with E-state index in [9.17, 15) is 14.4 Å². The van der Waals surface area contributed by atoms with Crippen LogP contribution in [0.15, 0.2) is 96.2 Å². The minimum atomic E-state index is -1.40. The van der Waals surface area contributed by atoms with Crippen LogP contribution in [-0.2, 0) is 14.4 Å². The van der Waals surface area contributed by atoms with Crippen LogP contribution in [0.5, 0.6) is 0 Å². The van der Waals surface area contributed by atoms with Gasteiger partial charge in [0.1, 0.15) is 11.3 Å². The second-order valence-corrected chi connectivity index (χ2v) is 8.22. The zero-order valence-electron chi connectivity index (χ0n) is 17.8. The van der Waals surface area contributed by atoms with Crippen molar-refractivity contribution in [2.45, 2.75) is 18.2 Å². The number of carbonyl (C=O) groups is 3. The molecule has 2 atom stereocenters. The Bertz CT molecular complexity index is 1200. The molecule has 0 radical (unpaired) electrons.